The molecule has 0 spiro atoms. The average molecular weight is 464 g/mol. The van der Waals surface area contributed by atoms with Gasteiger partial charge in [-0.3, -0.25) is 14.3 Å². The van der Waals surface area contributed by atoms with Crippen molar-refractivity contribution in [3.63, 3.8) is 0 Å². The molecule has 3 rings (SSSR count). The van der Waals surface area contributed by atoms with Crippen LogP contribution in [0.15, 0.2) is 38.8 Å². The number of nitrogens with zero attached hydrogens (tertiary/aromatic N) is 4. The molecule has 0 fully saturated rings. The predicted molar refractivity (Wildman–Crippen MR) is 117 cm³/mol. The van der Waals surface area contributed by atoms with Crippen LogP contribution in [0.5, 0.6) is 0 Å². The van der Waals surface area contributed by atoms with Crippen molar-refractivity contribution in [1.82, 2.24) is 23.4 Å². The second kappa shape index (κ2) is 9.09. The summed E-state index contributed by atoms with van der Waals surface area (Å²) in [5.41, 5.74) is -0.640. The van der Waals surface area contributed by atoms with Crippen molar-refractivity contribution in [1.29, 1.82) is 0 Å². The number of aryl methyl sites for hydroxylation is 2. The molecule has 0 saturated heterocycles. The first kappa shape index (κ1) is 23.4. The summed E-state index contributed by atoms with van der Waals surface area (Å²) in [5.74, 6) is -0.475. The van der Waals surface area contributed by atoms with Crippen LogP contribution in [0.1, 0.15) is 35.9 Å². The molecular formula is C20H25N5O6S. The minimum absolute atomic E-state index is 0.0360. The lowest BCUT2D eigenvalue weighted by molar-refractivity contribution is 0.0459. The molecule has 12 heteroatoms. The molecule has 0 aliphatic rings. The zero-order valence-corrected chi connectivity index (χ0v) is 19.1. The Kier molecular flexibility index (Phi) is 6.65. The minimum Gasteiger partial charge on any atom is -0.454 e. The summed E-state index contributed by atoms with van der Waals surface area (Å²) in [7, 11) is 0.676. The highest BCUT2D eigenvalue weighted by Gasteiger charge is 2.21. The second-order valence-electron chi connectivity index (χ2n) is 7.42. The maximum absolute atomic E-state index is 12.5. The second-order valence-corrected chi connectivity index (χ2v) is 9.57. The largest absolute Gasteiger partial charge is 0.454 e. The highest BCUT2D eigenvalue weighted by atomic mass is 32.2. The summed E-state index contributed by atoms with van der Waals surface area (Å²) >= 11 is 0. The Bertz CT molecular complexity index is 1380. The molecule has 0 amide bonds. The predicted octanol–water partition coefficient (Wildman–Crippen LogP) is 0.831. The lowest BCUT2D eigenvalue weighted by atomic mass is 10.2. The lowest BCUT2D eigenvalue weighted by Crippen LogP contribution is -2.31. The summed E-state index contributed by atoms with van der Waals surface area (Å²) in [6.45, 7) is 2.11. The van der Waals surface area contributed by atoms with E-state index in [1.165, 1.54) is 47.5 Å². The quantitative estimate of drug-likeness (QED) is 0.489. The first-order valence-electron chi connectivity index (χ1n) is 9.96. The zero-order chi connectivity index (χ0) is 23.6. The summed E-state index contributed by atoms with van der Waals surface area (Å²) in [4.78, 5) is 43.7. The van der Waals surface area contributed by atoms with Gasteiger partial charge in [0, 0.05) is 27.7 Å². The first-order valence-corrected chi connectivity index (χ1v) is 11.4. The van der Waals surface area contributed by atoms with Crippen molar-refractivity contribution < 1.29 is 17.9 Å². The van der Waals surface area contributed by atoms with Crippen LogP contribution in [-0.4, -0.2) is 51.9 Å². The number of ether oxygens (including phenoxy) is 1. The number of H-pyrrole nitrogens is 1. The van der Waals surface area contributed by atoms with E-state index in [-0.39, 0.29) is 34.1 Å². The molecule has 32 heavy (non-hydrogen) atoms. The fourth-order valence-electron chi connectivity index (χ4n) is 3.15. The van der Waals surface area contributed by atoms with Crippen LogP contribution in [0.2, 0.25) is 0 Å². The Hall–Kier alpha value is -3.25. The van der Waals surface area contributed by atoms with E-state index >= 15 is 0 Å². The van der Waals surface area contributed by atoms with Gasteiger partial charge in [-0.2, -0.15) is 0 Å². The zero-order valence-electron chi connectivity index (χ0n) is 18.3. The Morgan fingerprint density at radius 3 is 2.62 bits per heavy atom. The van der Waals surface area contributed by atoms with E-state index in [0.717, 1.165) is 17.1 Å². The Labute approximate surface area is 184 Å². The van der Waals surface area contributed by atoms with Crippen LogP contribution in [0.3, 0.4) is 0 Å². The normalized spacial score (nSPS) is 11.9. The summed E-state index contributed by atoms with van der Waals surface area (Å²) in [6.07, 6.45) is 1.58. The number of carbonyl (C=O) groups is 1. The maximum atomic E-state index is 12.5. The van der Waals surface area contributed by atoms with Gasteiger partial charge >= 0.3 is 11.7 Å². The van der Waals surface area contributed by atoms with Gasteiger partial charge in [-0.05, 0) is 24.6 Å². The van der Waals surface area contributed by atoms with E-state index in [2.05, 4.69) is 9.97 Å². The summed E-state index contributed by atoms with van der Waals surface area (Å²) in [6, 6.07) is 5.52. The third-order valence-electron chi connectivity index (χ3n) is 5.02. The number of imidazole rings is 1. The highest BCUT2D eigenvalue weighted by molar-refractivity contribution is 7.89. The lowest BCUT2D eigenvalue weighted by Gasteiger charge is -2.12. The van der Waals surface area contributed by atoms with Crippen molar-refractivity contribution in [2.75, 3.05) is 14.1 Å². The number of unbranched alkanes of at least 4 members (excludes halogenated alkanes) is 1. The third-order valence-corrected chi connectivity index (χ3v) is 6.83. The van der Waals surface area contributed by atoms with Crippen LogP contribution < -0.4 is 11.2 Å². The molecule has 0 saturated carbocycles. The molecule has 2 heterocycles. The molecule has 0 aliphatic heterocycles. The number of aromatic amines is 1. The molecule has 0 radical (unpaired) electrons. The van der Waals surface area contributed by atoms with Crippen molar-refractivity contribution in [2.24, 2.45) is 7.05 Å². The molecule has 0 atom stereocenters. The van der Waals surface area contributed by atoms with E-state index in [1.807, 2.05) is 6.92 Å². The SMILES string of the molecule is CCCCn1c(=O)[nH]c(=O)c2c1nc(COC(=O)c1cccc(S(=O)(=O)N(C)C)c1)n2C. The van der Waals surface area contributed by atoms with Gasteiger partial charge in [0.05, 0.1) is 10.5 Å². The van der Waals surface area contributed by atoms with E-state index in [4.69, 9.17) is 4.74 Å². The molecule has 11 nitrogen and oxygen atoms in total. The van der Waals surface area contributed by atoms with Crippen molar-refractivity contribution in [2.45, 2.75) is 37.8 Å². The van der Waals surface area contributed by atoms with Gasteiger partial charge in [-0.25, -0.2) is 27.3 Å². The molecule has 3 aromatic rings. The molecular weight excluding hydrogens is 438 g/mol. The fraction of sp³-hybridized carbons (Fsp3) is 0.400. The average Bonchev–Trinajstić information content (AvgIpc) is 3.08. The van der Waals surface area contributed by atoms with Gasteiger partial charge in [0.25, 0.3) is 5.56 Å². The van der Waals surface area contributed by atoms with Crippen LogP contribution in [0.4, 0.5) is 0 Å². The van der Waals surface area contributed by atoms with E-state index in [0.29, 0.717) is 6.54 Å². The number of hydrogen-bond acceptors (Lipinski definition) is 7. The van der Waals surface area contributed by atoms with E-state index in [1.54, 1.807) is 7.05 Å². The van der Waals surface area contributed by atoms with Crippen LogP contribution in [-0.2, 0) is 35.0 Å². The number of fused-ring (bicyclic) bond motifs is 1. The standard InChI is InChI=1S/C20H25N5O6S/c1-5-6-10-25-17-16(18(26)22-20(25)28)24(4)15(21-17)12-31-19(27)13-8-7-9-14(11-13)32(29,30)23(2)3/h7-9,11H,5-6,10,12H2,1-4H3,(H,22,26,28). The van der Waals surface area contributed by atoms with Gasteiger partial charge < -0.3 is 9.30 Å². The monoisotopic (exact) mass is 463 g/mol. The number of aromatic nitrogens is 4. The van der Waals surface area contributed by atoms with Gasteiger partial charge in [-0.15, -0.1) is 0 Å². The molecule has 0 bridgehead atoms. The smallest absolute Gasteiger partial charge is 0.338 e. The molecule has 1 N–H and O–H groups in total. The molecule has 172 valence electrons. The van der Waals surface area contributed by atoms with E-state index in [9.17, 15) is 22.8 Å². The number of rotatable bonds is 8. The summed E-state index contributed by atoms with van der Waals surface area (Å²) in [5, 5.41) is 0. The van der Waals surface area contributed by atoms with Crippen molar-refractivity contribution in [3.8, 4) is 0 Å². The molecule has 0 unspecified atom stereocenters. The number of hydrogen-bond donors (Lipinski definition) is 1. The minimum atomic E-state index is -3.71. The van der Waals surface area contributed by atoms with Crippen LogP contribution >= 0.6 is 0 Å². The maximum Gasteiger partial charge on any atom is 0.338 e. The van der Waals surface area contributed by atoms with Crippen molar-refractivity contribution in [3.05, 3.63) is 56.5 Å². The Morgan fingerprint density at radius 1 is 1.25 bits per heavy atom. The van der Waals surface area contributed by atoms with Crippen molar-refractivity contribution >= 4 is 27.2 Å². The Morgan fingerprint density at radius 2 is 1.97 bits per heavy atom. The first-order chi connectivity index (χ1) is 15.1. The number of benzene rings is 1. The van der Waals surface area contributed by atoms with Gasteiger partial charge in [0.1, 0.15) is 12.4 Å². The number of sulfonamides is 1. The van der Waals surface area contributed by atoms with Crippen LogP contribution in [0, 0.1) is 0 Å². The number of esters is 1. The number of carbonyl (C=O) groups excluding carboxylic acids is 1. The topological polar surface area (TPSA) is 136 Å². The third kappa shape index (κ3) is 4.36. The molecule has 0 aliphatic carbocycles. The van der Waals surface area contributed by atoms with Gasteiger partial charge in [-0.1, -0.05) is 19.4 Å². The van der Waals surface area contributed by atoms with Crippen LogP contribution in [0.25, 0.3) is 11.2 Å². The highest BCUT2D eigenvalue weighted by Crippen LogP contribution is 2.17. The Balaban J connectivity index is 1.89. The fourth-order valence-corrected chi connectivity index (χ4v) is 4.10. The molecule has 2 aromatic heterocycles. The van der Waals surface area contributed by atoms with Gasteiger partial charge in [0.15, 0.2) is 11.2 Å². The number of nitrogens with one attached hydrogen (secondary N) is 1. The summed E-state index contributed by atoms with van der Waals surface area (Å²) < 4.78 is 33.8. The van der Waals surface area contributed by atoms with E-state index < -0.39 is 27.2 Å². The molecule has 1 aromatic carbocycles. The van der Waals surface area contributed by atoms with Gasteiger partial charge in [0.2, 0.25) is 10.0 Å².